The molecule has 0 saturated carbocycles. The Balaban J connectivity index is 1.72. The van der Waals surface area contributed by atoms with E-state index in [1.54, 1.807) is 13.0 Å². The summed E-state index contributed by atoms with van der Waals surface area (Å²) in [6.07, 6.45) is -0.414. The number of esters is 1. The molecule has 1 heterocycles. The third-order valence-corrected chi connectivity index (χ3v) is 5.70. The molecule has 0 bridgehead atoms. The molecule has 0 saturated heterocycles. The second-order valence-electron chi connectivity index (χ2n) is 7.78. The van der Waals surface area contributed by atoms with Crippen LogP contribution in [0.1, 0.15) is 69.4 Å². The molecule has 2 atom stereocenters. The number of anilines is 1. The Bertz CT molecular complexity index is 1080. The van der Waals surface area contributed by atoms with Gasteiger partial charge in [0.25, 0.3) is 17.7 Å². The van der Waals surface area contributed by atoms with Crippen molar-refractivity contribution in [2.75, 3.05) is 5.32 Å². The predicted molar refractivity (Wildman–Crippen MR) is 116 cm³/mol. The maximum Gasteiger partial charge on any atom is 0.338 e. The van der Waals surface area contributed by atoms with Crippen molar-refractivity contribution in [1.82, 2.24) is 4.90 Å². The van der Waals surface area contributed by atoms with E-state index in [0.717, 1.165) is 11.1 Å². The van der Waals surface area contributed by atoms with E-state index >= 15 is 0 Å². The third-order valence-electron chi connectivity index (χ3n) is 5.70. The van der Waals surface area contributed by atoms with Gasteiger partial charge in [0.2, 0.25) is 0 Å². The number of hydrogen-bond donors (Lipinski definition) is 1. The fourth-order valence-electron chi connectivity index (χ4n) is 3.37. The summed E-state index contributed by atoms with van der Waals surface area (Å²) in [5.41, 5.74) is 3.17. The van der Waals surface area contributed by atoms with Crippen LogP contribution in [0, 0.1) is 13.8 Å². The summed E-state index contributed by atoms with van der Waals surface area (Å²) < 4.78 is 5.30. The minimum absolute atomic E-state index is 0.109. The fraction of sp³-hybridized carbons (Fsp3) is 0.333. The van der Waals surface area contributed by atoms with Crippen molar-refractivity contribution in [3.63, 3.8) is 0 Å². The van der Waals surface area contributed by atoms with E-state index in [4.69, 9.17) is 4.74 Å². The first-order chi connectivity index (χ1) is 14.6. The van der Waals surface area contributed by atoms with Crippen molar-refractivity contribution in [3.05, 3.63) is 64.2 Å². The van der Waals surface area contributed by atoms with Crippen molar-refractivity contribution in [2.45, 2.75) is 53.2 Å². The largest absolute Gasteiger partial charge is 0.449 e. The van der Waals surface area contributed by atoms with Gasteiger partial charge in [0.1, 0.15) is 0 Å². The Kier molecular flexibility index (Phi) is 6.24. The number of hydrogen-bond acceptors (Lipinski definition) is 5. The van der Waals surface area contributed by atoms with Gasteiger partial charge in [-0.2, -0.15) is 0 Å². The molecular weight excluding hydrogens is 396 g/mol. The lowest BCUT2D eigenvalue weighted by atomic mass is 10.1. The summed E-state index contributed by atoms with van der Waals surface area (Å²) in [6.45, 7) is 9.00. The second kappa shape index (κ2) is 8.71. The van der Waals surface area contributed by atoms with E-state index in [1.165, 1.54) is 30.0 Å². The molecule has 31 heavy (non-hydrogen) atoms. The molecule has 7 heteroatoms. The number of imide groups is 1. The quantitative estimate of drug-likeness (QED) is 0.563. The normalized spacial score (nSPS) is 14.8. The van der Waals surface area contributed by atoms with Gasteiger partial charge in [-0.3, -0.25) is 19.3 Å². The van der Waals surface area contributed by atoms with Gasteiger partial charge in [-0.15, -0.1) is 0 Å². The Morgan fingerprint density at radius 1 is 1.03 bits per heavy atom. The summed E-state index contributed by atoms with van der Waals surface area (Å²) in [5.74, 6) is -1.99. The van der Waals surface area contributed by atoms with Crippen LogP contribution >= 0.6 is 0 Å². The van der Waals surface area contributed by atoms with Gasteiger partial charge in [0.05, 0.1) is 16.7 Å². The Morgan fingerprint density at radius 3 is 2.39 bits per heavy atom. The summed E-state index contributed by atoms with van der Waals surface area (Å²) in [4.78, 5) is 51.5. The van der Waals surface area contributed by atoms with Crippen LogP contribution in [0.4, 0.5) is 5.69 Å². The molecule has 1 aliphatic rings. The smallest absolute Gasteiger partial charge is 0.338 e. The number of amides is 3. The lowest BCUT2D eigenvalue weighted by molar-refractivity contribution is -0.123. The van der Waals surface area contributed by atoms with Crippen LogP contribution in [0.15, 0.2) is 36.4 Å². The maximum absolute atomic E-state index is 12.7. The minimum Gasteiger partial charge on any atom is -0.449 e. The molecule has 162 valence electrons. The summed E-state index contributed by atoms with van der Waals surface area (Å²) in [6, 6.07) is 9.56. The van der Waals surface area contributed by atoms with E-state index in [9.17, 15) is 19.2 Å². The van der Waals surface area contributed by atoms with Gasteiger partial charge in [0, 0.05) is 11.7 Å². The molecule has 3 amide bonds. The highest BCUT2D eigenvalue weighted by Crippen LogP contribution is 2.27. The molecular formula is C24H26N2O5. The molecule has 2 aromatic rings. The zero-order valence-corrected chi connectivity index (χ0v) is 18.3. The highest BCUT2D eigenvalue weighted by Gasteiger charge is 2.38. The maximum atomic E-state index is 12.7. The summed E-state index contributed by atoms with van der Waals surface area (Å²) >= 11 is 0. The lowest BCUT2D eigenvalue weighted by Crippen LogP contribution is -2.37. The number of fused-ring (bicyclic) bond motifs is 1. The predicted octanol–water partition coefficient (Wildman–Crippen LogP) is 3.88. The number of carbonyl (C=O) groups excluding carboxylic acids is 4. The lowest BCUT2D eigenvalue weighted by Gasteiger charge is -2.20. The van der Waals surface area contributed by atoms with Crippen molar-refractivity contribution < 1.29 is 23.9 Å². The van der Waals surface area contributed by atoms with Gasteiger partial charge < -0.3 is 10.1 Å². The van der Waals surface area contributed by atoms with E-state index in [1.807, 2.05) is 32.9 Å². The number of aryl methyl sites for hydroxylation is 1. The molecule has 7 nitrogen and oxygen atoms in total. The van der Waals surface area contributed by atoms with E-state index in [0.29, 0.717) is 12.1 Å². The minimum atomic E-state index is -1.05. The van der Waals surface area contributed by atoms with E-state index < -0.39 is 23.9 Å². The van der Waals surface area contributed by atoms with Crippen molar-refractivity contribution in [2.24, 2.45) is 0 Å². The first-order valence-electron chi connectivity index (χ1n) is 10.3. The van der Waals surface area contributed by atoms with Crippen LogP contribution in [-0.4, -0.2) is 40.7 Å². The van der Waals surface area contributed by atoms with Crippen LogP contribution < -0.4 is 5.32 Å². The molecule has 0 fully saturated rings. The number of carbonyl (C=O) groups is 4. The zero-order chi connectivity index (χ0) is 22.9. The molecule has 0 radical (unpaired) electrons. The number of rotatable bonds is 6. The average molecular weight is 422 g/mol. The first kappa shape index (κ1) is 22.2. The average Bonchev–Trinajstić information content (AvgIpc) is 3.00. The third kappa shape index (κ3) is 4.21. The van der Waals surface area contributed by atoms with Gasteiger partial charge in [-0.05, 0) is 69.5 Å². The van der Waals surface area contributed by atoms with Gasteiger partial charge in [0.15, 0.2) is 6.10 Å². The van der Waals surface area contributed by atoms with Crippen molar-refractivity contribution in [1.29, 1.82) is 0 Å². The topological polar surface area (TPSA) is 92.8 Å². The molecule has 0 spiro atoms. The van der Waals surface area contributed by atoms with Crippen LogP contribution in [-0.2, 0) is 9.53 Å². The number of benzene rings is 2. The fourth-order valence-corrected chi connectivity index (χ4v) is 3.37. The van der Waals surface area contributed by atoms with E-state index in [-0.39, 0.29) is 28.6 Å². The van der Waals surface area contributed by atoms with Crippen molar-refractivity contribution in [3.8, 4) is 0 Å². The second-order valence-corrected chi connectivity index (χ2v) is 7.78. The number of nitrogens with one attached hydrogen (secondary N) is 1. The Morgan fingerprint density at radius 2 is 1.71 bits per heavy atom. The van der Waals surface area contributed by atoms with Crippen molar-refractivity contribution >= 4 is 29.4 Å². The standard InChI is InChI=1S/C24H26N2O5/c1-6-14(3)26-22(28)18-11-10-17(12-19(18)23(26)29)24(30)31-16(5)21(27)25-20-9-7-8-13(2)15(20)4/h7-12,14,16H,6H2,1-5H3,(H,25,27)/t14-,16-/m0/s1. The Labute approximate surface area is 181 Å². The highest BCUT2D eigenvalue weighted by molar-refractivity contribution is 6.22. The number of nitrogens with zero attached hydrogens (tertiary/aromatic N) is 1. The Hall–Kier alpha value is -3.48. The van der Waals surface area contributed by atoms with Crippen LogP contribution in [0.5, 0.6) is 0 Å². The first-order valence-corrected chi connectivity index (χ1v) is 10.3. The molecule has 1 aliphatic heterocycles. The van der Waals surface area contributed by atoms with Crippen LogP contribution in [0.2, 0.25) is 0 Å². The zero-order valence-electron chi connectivity index (χ0n) is 18.3. The molecule has 0 aromatic heterocycles. The molecule has 2 aromatic carbocycles. The monoisotopic (exact) mass is 422 g/mol. The van der Waals surface area contributed by atoms with Crippen LogP contribution in [0.25, 0.3) is 0 Å². The molecule has 1 N–H and O–H groups in total. The summed E-state index contributed by atoms with van der Waals surface area (Å²) in [7, 11) is 0. The molecule has 0 unspecified atom stereocenters. The van der Waals surface area contributed by atoms with Gasteiger partial charge >= 0.3 is 5.97 Å². The number of ether oxygens (including phenoxy) is 1. The van der Waals surface area contributed by atoms with Gasteiger partial charge in [-0.1, -0.05) is 19.1 Å². The molecule has 3 rings (SSSR count). The SMILES string of the molecule is CC[C@H](C)N1C(=O)c2ccc(C(=O)O[C@@H](C)C(=O)Nc3cccc(C)c3C)cc2C1=O. The van der Waals surface area contributed by atoms with Crippen LogP contribution in [0.3, 0.4) is 0 Å². The summed E-state index contributed by atoms with van der Waals surface area (Å²) in [5, 5.41) is 2.77. The molecule has 0 aliphatic carbocycles. The van der Waals surface area contributed by atoms with Gasteiger partial charge in [-0.25, -0.2) is 4.79 Å². The van der Waals surface area contributed by atoms with E-state index in [2.05, 4.69) is 5.32 Å². The highest BCUT2D eigenvalue weighted by atomic mass is 16.5.